The van der Waals surface area contributed by atoms with E-state index in [0.717, 1.165) is 25.9 Å². The molecule has 0 aromatic carbocycles. The Hall–Kier alpha value is -0.610. The van der Waals surface area contributed by atoms with Crippen molar-refractivity contribution in [2.45, 2.75) is 38.6 Å². The molecule has 1 saturated carbocycles. The van der Waals surface area contributed by atoms with E-state index in [9.17, 15) is 4.79 Å². The second kappa shape index (κ2) is 5.83. The summed E-state index contributed by atoms with van der Waals surface area (Å²) < 4.78 is 0. The minimum atomic E-state index is -0.668. The van der Waals surface area contributed by atoms with Crippen LogP contribution in [0.2, 0.25) is 0 Å². The van der Waals surface area contributed by atoms with Gasteiger partial charge in [-0.1, -0.05) is 6.92 Å². The van der Waals surface area contributed by atoms with Crippen LogP contribution in [0.4, 0.5) is 0 Å². The molecule has 1 aliphatic carbocycles. The Kier molecular flexibility index (Phi) is 4.40. The smallest absolute Gasteiger partial charge is 0.320 e. The first-order chi connectivity index (χ1) is 8.20. The van der Waals surface area contributed by atoms with Gasteiger partial charge in [-0.3, -0.25) is 4.79 Å². The molecule has 0 amide bonds. The fourth-order valence-electron chi connectivity index (χ4n) is 2.69. The van der Waals surface area contributed by atoms with Gasteiger partial charge in [-0.2, -0.15) is 0 Å². The lowest BCUT2D eigenvalue weighted by molar-refractivity contribution is -0.140. The Balaban J connectivity index is 1.69. The standard InChI is InChI=1S/C13H24N2O2/c1-2-15-7-5-10(6-8-15)9-14-12(13(16)17)11-3-4-11/h10-12,14H,2-9H2,1H3,(H,16,17). The average Bonchev–Trinajstić information content (AvgIpc) is 3.14. The van der Waals surface area contributed by atoms with Crippen LogP contribution in [0, 0.1) is 11.8 Å². The van der Waals surface area contributed by atoms with Crippen molar-refractivity contribution in [3.8, 4) is 0 Å². The number of piperidine rings is 1. The largest absolute Gasteiger partial charge is 0.480 e. The van der Waals surface area contributed by atoms with Gasteiger partial charge in [0.25, 0.3) is 0 Å². The van der Waals surface area contributed by atoms with Crippen LogP contribution in [-0.4, -0.2) is 48.2 Å². The minimum absolute atomic E-state index is 0.292. The van der Waals surface area contributed by atoms with Crippen molar-refractivity contribution in [1.82, 2.24) is 10.2 Å². The fourth-order valence-corrected chi connectivity index (χ4v) is 2.69. The highest BCUT2D eigenvalue weighted by Gasteiger charge is 2.36. The van der Waals surface area contributed by atoms with E-state index in [0.29, 0.717) is 11.8 Å². The van der Waals surface area contributed by atoms with E-state index in [1.165, 1.54) is 25.9 Å². The molecule has 1 aliphatic heterocycles. The molecule has 2 N–H and O–H groups in total. The number of carboxylic acid groups (broad SMARTS) is 1. The highest BCUT2D eigenvalue weighted by Crippen LogP contribution is 2.33. The van der Waals surface area contributed by atoms with Gasteiger partial charge in [0, 0.05) is 0 Å². The number of carbonyl (C=O) groups is 1. The van der Waals surface area contributed by atoms with Crippen LogP contribution < -0.4 is 5.32 Å². The van der Waals surface area contributed by atoms with Gasteiger partial charge in [0.1, 0.15) is 6.04 Å². The molecule has 0 aromatic rings. The van der Waals surface area contributed by atoms with E-state index in [2.05, 4.69) is 17.1 Å². The zero-order valence-corrected chi connectivity index (χ0v) is 10.7. The van der Waals surface area contributed by atoms with Crippen molar-refractivity contribution < 1.29 is 9.90 Å². The highest BCUT2D eigenvalue weighted by molar-refractivity contribution is 5.74. The molecule has 2 fully saturated rings. The van der Waals surface area contributed by atoms with Gasteiger partial charge >= 0.3 is 5.97 Å². The summed E-state index contributed by atoms with van der Waals surface area (Å²) in [6.07, 6.45) is 4.58. The summed E-state index contributed by atoms with van der Waals surface area (Å²) in [6, 6.07) is -0.292. The molecule has 0 bridgehead atoms. The molecule has 98 valence electrons. The van der Waals surface area contributed by atoms with Gasteiger partial charge in [0.15, 0.2) is 0 Å². The zero-order valence-electron chi connectivity index (χ0n) is 10.7. The van der Waals surface area contributed by atoms with Gasteiger partial charge in [-0.25, -0.2) is 0 Å². The molecular weight excluding hydrogens is 216 g/mol. The lowest BCUT2D eigenvalue weighted by Crippen LogP contribution is -2.43. The Labute approximate surface area is 103 Å². The third-order valence-corrected chi connectivity index (χ3v) is 4.14. The first kappa shape index (κ1) is 12.8. The molecule has 4 heteroatoms. The molecule has 1 unspecified atom stereocenters. The van der Waals surface area contributed by atoms with Crippen LogP contribution in [0.3, 0.4) is 0 Å². The first-order valence-electron chi connectivity index (χ1n) is 6.89. The Morgan fingerprint density at radius 3 is 2.47 bits per heavy atom. The van der Waals surface area contributed by atoms with E-state index in [1.54, 1.807) is 0 Å². The van der Waals surface area contributed by atoms with Crippen LogP contribution in [0.15, 0.2) is 0 Å². The first-order valence-corrected chi connectivity index (χ1v) is 6.89. The monoisotopic (exact) mass is 240 g/mol. The van der Waals surface area contributed by atoms with Crippen LogP contribution >= 0.6 is 0 Å². The SMILES string of the molecule is CCN1CCC(CNC(C(=O)O)C2CC2)CC1. The molecule has 2 rings (SSSR count). The van der Waals surface area contributed by atoms with Gasteiger partial charge in [-0.15, -0.1) is 0 Å². The number of hydrogen-bond donors (Lipinski definition) is 2. The maximum Gasteiger partial charge on any atom is 0.320 e. The Morgan fingerprint density at radius 1 is 1.35 bits per heavy atom. The third kappa shape index (κ3) is 3.68. The highest BCUT2D eigenvalue weighted by atomic mass is 16.4. The number of hydrogen-bond acceptors (Lipinski definition) is 3. The number of rotatable bonds is 6. The average molecular weight is 240 g/mol. The van der Waals surface area contributed by atoms with E-state index in [4.69, 9.17) is 5.11 Å². The van der Waals surface area contributed by atoms with Crippen LogP contribution in [0.25, 0.3) is 0 Å². The molecule has 4 nitrogen and oxygen atoms in total. The van der Waals surface area contributed by atoms with E-state index >= 15 is 0 Å². The zero-order chi connectivity index (χ0) is 12.3. The summed E-state index contributed by atoms with van der Waals surface area (Å²) in [4.78, 5) is 13.5. The maximum atomic E-state index is 11.1. The molecule has 0 aromatic heterocycles. The molecule has 2 aliphatic rings. The van der Waals surface area contributed by atoms with E-state index in [-0.39, 0.29) is 6.04 Å². The summed E-state index contributed by atoms with van der Waals surface area (Å²) in [5.41, 5.74) is 0. The van der Waals surface area contributed by atoms with Gasteiger partial charge in [0.05, 0.1) is 0 Å². The Morgan fingerprint density at radius 2 is 2.00 bits per heavy atom. The molecule has 0 spiro atoms. The van der Waals surface area contributed by atoms with Gasteiger partial charge in [0.2, 0.25) is 0 Å². The van der Waals surface area contributed by atoms with Crippen LogP contribution in [0.1, 0.15) is 32.6 Å². The molecule has 1 saturated heterocycles. The molecule has 1 atom stereocenters. The number of carboxylic acids is 1. The topological polar surface area (TPSA) is 52.6 Å². The quantitative estimate of drug-likeness (QED) is 0.732. The predicted octanol–water partition coefficient (Wildman–Crippen LogP) is 1.17. The summed E-state index contributed by atoms with van der Waals surface area (Å²) in [5, 5.41) is 12.4. The molecule has 1 heterocycles. The maximum absolute atomic E-state index is 11.1. The lowest BCUT2D eigenvalue weighted by Gasteiger charge is -2.31. The number of aliphatic carboxylic acids is 1. The lowest BCUT2D eigenvalue weighted by atomic mass is 9.96. The fraction of sp³-hybridized carbons (Fsp3) is 0.923. The van der Waals surface area contributed by atoms with Crippen LogP contribution in [0.5, 0.6) is 0 Å². The van der Waals surface area contributed by atoms with Crippen molar-refractivity contribution in [3.05, 3.63) is 0 Å². The second-order valence-corrected chi connectivity index (χ2v) is 5.44. The van der Waals surface area contributed by atoms with E-state index < -0.39 is 5.97 Å². The summed E-state index contributed by atoms with van der Waals surface area (Å²) in [6.45, 7) is 6.56. The Bertz CT molecular complexity index is 258. The van der Waals surface area contributed by atoms with Crippen LogP contribution in [-0.2, 0) is 4.79 Å². The third-order valence-electron chi connectivity index (χ3n) is 4.14. The summed E-state index contributed by atoms with van der Waals surface area (Å²) in [7, 11) is 0. The van der Waals surface area contributed by atoms with Gasteiger partial charge < -0.3 is 15.3 Å². The number of likely N-dealkylation sites (tertiary alicyclic amines) is 1. The molecular formula is C13H24N2O2. The van der Waals surface area contributed by atoms with E-state index in [1.807, 2.05) is 0 Å². The normalized spacial score (nSPS) is 24.8. The summed E-state index contributed by atoms with van der Waals surface area (Å²) >= 11 is 0. The second-order valence-electron chi connectivity index (χ2n) is 5.44. The van der Waals surface area contributed by atoms with Crippen molar-refractivity contribution in [2.75, 3.05) is 26.2 Å². The van der Waals surface area contributed by atoms with Crippen molar-refractivity contribution in [2.24, 2.45) is 11.8 Å². The predicted molar refractivity (Wildman–Crippen MR) is 67.0 cm³/mol. The molecule has 0 radical (unpaired) electrons. The number of nitrogens with one attached hydrogen (secondary N) is 1. The van der Waals surface area contributed by atoms with Crippen molar-refractivity contribution in [1.29, 1.82) is 0 Å². The summed E-state index contributed by atoms with van der Waals surface area (Å²) in [5.74, 6) is 0.389. The van der Waals surface area contributed by atoms with Crippen molar-refractivity contribution in [3.63, 3.8) is 0 Å². The number of nitrogens with zero attached hydrogens (tertiary/aromatic N) is 1. The van der Waals surface area contributed by atoms with Crippen molar-refractivity contribution >= 4 is 5.97 Å². The van der Waals surface area contributed by atoms with Gasteiger partial charge in [-0.05, 0) is 63.7 Å². The molecule has 17 heavy (non-hydrogen) atoms. The minimum Gasteiger partial charge on any atom is -0.480 e.